The van der Waals surface area contributed by atoms with Crippen LogP contribution >= 0.6 is 0 Å². The van der Waals surface area contributed by atoms with Crippen molar-refractivity contribution in [1.82, 2.24) is 0 Å². The zero-order chi connectivity index (χ0) is 18.2. The lowest BCUT2D eigenvalue weighted by Gasteiger charge is -2.29. The van der Waals surface area contributed by atoms with Crippen LogP contribution in [0.2, 0.25) is 0 Å². The van der Waals surface area contributed by atoms with Crippen LogP contribution < -0.4 is 5.73 Å². The van der Waals surface area contributed by atoms with E-state index in [2.05, 4.69) is 43.3 Å². The molecule has 0 bridgehead atoms. The standard InChI is InChI=1S/C25H35N/c1-2-3-4-5-6-20-7-13-23(14-8-20)24-15-9-21(10-16-24)19-22-11-17-25(26)18-12-22/h9-12,15-18,20,23H,2-8,13-14,19,26H2,1H3. The Morgan fingerprint density at radius 2 is 1.38 bits per heavy atom. The summed E-state index contributed by atoms with van der Waals surface area (Å²) in [6.45, 7) is 2.30. The van der Waals surface area contributed by atoms with E-state index >= 15 is 0 Å². The van der Waals surface area contributed by atoms with E-state index in [0.29, 0.717) is 0 Å². The number of unbranched alkanes of at least 4 members (excludes halogenated alkanes) is 3. The van der Waals surface area contributed by atoms with Gasteiger partial charge < -0.3 is 5.73 Å². The molecule has 3 rings (SSSR count). The molecule has 0 heterocycles. The molecular formula is C25H35N. The van der Waals surface area contributed by atoms with Gasteiger partial charge >= 0.3 is 0 Å². The molecule has 1 nitrogen and oxygen atoms in total. The molecule has 2 aromatic carbocycles. The minimum absolute atomic E-state index is 0.785. The average molecular weight is 350 g/mol. The molecule has 1 heteroatoms. The van der Waals surface area contributed by atoms with Gasteiger partial charge in [-0.15, -0.1) is 0 Å². The summed E-state index contributed by atoms with van der Waals surface area (Å²) in [4.78, 5) is 0. The number of hydrogen-bond donors (Lipinski definition) is 1. The average Bonchev–Trinajstić information content (AvgIpc) is 2.68. The first-order chi connectivity index (χ1) is 12.7. The summed E-state index contributed by atoms with van der Waals surface area (Å²) in [5.41, 5.74) is 10.9. The van der Waals surface area contributed by atoms with Crippen molar-refractivity contribution in [2.45, 2.75) is 77.0 Å². The van der Waals surface area contributed by atoms with Crippen LogP contribution in [0.15, 0.2) is 48.5 Å². The van der Waals surface area contributed by atoms with Crippen LogP contribution in [-0.4, -0.2) is 0 Å². The van der Waals surface area contributed by atoms with Crippen molar-refractivity contribution in [3.8, 4) is 0 Å². The van der Waals surface area contributed by atoms with E-state index < -0.39 is 0 Å². The molecule has 2 aromatic rings. The number of hydrogen-bond acceptors (Lipinski definition) is 1. The molecule has 0 radical (unpaired) electrons. The topological polar surface area (TPSA) is 26.0 Å². The Labute approximate surface area is 160 Å². The molecule has 0 atom stereocenters. The molecule has 0 saturated heterocycles. The van der Waals surface area contributed by atoms with E-state index in [1.807, 2.05) is 12.1 Å². The predicted octanol–water partition coefficient (Wildman–Crippen LogP) is 7.10. The Balaban J connectivity index is 1.46. The van der Waals surface area contributed by atoms with Gasteiger partial charge in [0.25, 0.3) is 0 Å². The van der Waals surface area contributed by atoms with Gasteiger partial charge in [-0.05, 0) is 72.8 Å². The van der Waals surface area contributed by atoms with E-state index in [4.69, 9.17) is 5.73 Å². The molecule has 1 saturated carbocycles. The first kappa shape index (κ1) is 19.0. The lowest BCUT2D eigenvalue weighted by Crippen LogP contribution is -2.13. The van der Waals surface area contributed by atoms with Crippen LogP contribution in [0, 0.1) is 5.92 Å². The van der Waals surface area contributed by atoms with E-state index in [0.717, 1.165) is 23.9 Å². The van der Waals surface area contributed by atoms with Crippen molar-refractivity contribution in [3.63, 3.8) is 0 Å². The van der Waals surface area contributed by atoms with E-state index in [9.17, 15) is 0 Å². The lowest BCUT2D eigenvalue weighted by molar-refractivity contribution is 0.302. The summed E-state index contributed by atoms with van der Waals surface area (Å²) in [6, 6.07) is 17.6. The van der Waals surface area contributed by atoms with Gasteiger partial charge in [0.2, 0.25) is 0 Å². The third-order valence-corrected chi connectivity index (χ3v) is 6.15. The van der Waals surface area contributed by atoms with Gasteiger partial charge in [0.1, 0.15) is 0 Å². The highest BCUT2D eigenvalue weighted by molar-refractivity contribution is 5.40. The van der Waals surface area contributed by atoms with Gasteiger partial charge in [0, 0.05) is 5.69 Å². The Morgan fingerprint density at radius 1 is 0.769 bits per heavy atom. The maximum absolute atomic E-state index is 5.77. The highest BCUT2D eigenvalue weighted by Gasteiger charge is 2.21. The van der Waals surface area contributed by atoms with Crippen molar-refractivity contribution in [3.05, 3.63) is 65.2 Å². The van der Waals surface area contributed by atoms with Crippen molar-refractivity contribution < 1.29 is 0 Å². The molecule has 0 amide bonds. The van der Waals surface area contributed by atoms with Gasteiger partial charge in [0.05, 0.1) is 0 Å². The monoisotopic (exact) mass is 349 g/mol. The van der Waals surface area contributed by atoms with E-state index in [1.165, 1.54) is 68.9 Å². The molecule has 1 aliphatic carbocycles. The second kappa shape index (κ2) is 9.80. The quantitative estimate of drug-likeness (QED) is 0.399. The Kier molecular flexibility index (Phi) is 7.17. The van der Waals surface area contributed by atoms with Gasteiger partial charge in [-0.25, -0.2) is 0 Å². The minimum Gasteiger partial charge on any atom is -0.399 e. The third kappa shape index (κ3) is 5.62. The van der Waals surface area contributed by atoms with Gasteiger partial charge in [-0.2, -0.15) is 0 Å². The van der Waals surface area contributed by atoms with Crippen molar-refractivity contribution in [1.29, 1.82) is 0 Å². The number of nitrogens with two attached hydrogens (primary N) is 1. The zero-order valence-corrected chi connectivity index (χ0v) is 16.4. The molecule has 26 heavy (non-hydrogen) atoms. The molecule has 2 N–H and O–H groups in total. The summed E-state index contributed by atoms with van der Waals surface area (Å²) in [6.07, 6.45) is 13.7. The fraction of sp³-hybridized carbons (Fsp3) is 0.520. The van der Waals surface area contributed by atoms with E-state index in [1.54, 1.807) is 5.56 Å². The molecule has 0 unspecified atom stereocenters. The fourth-order valence-electron chi connectivity index (χ4n) is 4.42. The Hall–Kier alpha value is -1.76. The number of anilines is 1. The summed E-state index contributed by atoms with van der Waals surface area (Å²) in [5.74, 6) is 1.78. The first-order valence-electron chi connectivity index (χ1n) is 10.7. The van der Waals surface area contributed by atoms with E-state index in [-0.39, 0.29) is 0 Å². The van der Waals surface area contributed by atoms with Crippen molar-refractivity contribution in [2.24, 2.45) is 5.92 Å². The first-order valence-corrected chi connectivity index (χ1v) is 10.7. The van der Waals surface area contributed by atoms with Crippen LogP contribution in [0.1, 0.15) is 87.3 Å². The smallest absolute Gasteiger partial charge is 0.0314 e. The van der Waals surface area contributed by atoms with Crippen molar-refractivity contribution >= 4 is 5.69 Å². The molecule has 0 aliphatic heterocycles. The maximum Gasteiger partial charge on any atom is 0.0314 e. The molecule has 0 spiro atoms. The van der Waals surface area contributed by atoms with Gasteiger partial charge in [0.15, 0.2) is 0 Å². The highest BCUT2D eigenvalue weighted by atomic mass is 14.5. The fourth-order valence-corrected chi connectivity index (χ4v) is 4.42. The molecular weight excluding hydrogens is 314 g/mol. The van der Waals surface area contributed by atoms with Crippen LogP contribution in [-0.2, 0) is 6.42 Å². The summed E-state index contributed by atoms with van der Waals surface area (Å²) in [5, 5.41) is 0. The number of benzene rings is 2. The number of nitrogen functional groups attached to an aromatic ring is 1. The largest absolute Gasteiger partial charge is 0.399 e. The van der Waals surface area contributed by atoms with Crippen LogP contribution in [0.3, 0.4) is 0 Å². The second-order valence-electron chi connectivity index (χ2n) is 8.23. The van der Waals surface area contributed by atoms with Crippen LogP contribution in [0.5, 0.6) is 0 Å². The third-order valence-electron chi connectivity index (χ3n) is 6.15. The molecule has 0 aromatic heterocycles. The highest BCUT2D eigenvalue weighted by Crippen LogP contribution is 2.37. The normalized spacial score (nSPS) is 20.2. The van der Waals surface area contributed by atoms with Crippen LogP contribution in [0.25, 0.3) is 0 Å². The SMILES string of the molecule is CCCCCCC1CCC(c2ccc(Cc3ccc(N)cc3)cc2)CC1. The zero-order valence-electron chi connectivity index (χ0n) is 16.4. The predicted molar refractivity (Wildman–Crippen MR) is 114 cm³/mol. The summed E-state index contributed by atoms with van der Waals surface area (Å²) in [7, 11) is 0. The molecule has 140 valence electrons. The van der Waals surface area contributed by atoms with Crippen LogP contribution in [0.4, 0.5) is 5.69 Å². The Morgan fingerprint density at radius 3 is 2.00 bits per heavy atom. The lowest BCUT2D eigenvalue weighted by atomic mass is 9.77. The maximum atomic E-state index is 5.77. The minimum atomic E-state index is 0.785. The van der Waals surface area contributed by atoms with Gasteiger partial charge in [-0.1, -0.05) is 75.4 Å². The summed E-state index contributed by atoms with van der Waals surface area (Å²) < 4.78 is 0. The number of rotatable bonds is 8. The second-order valence-corrected chi connectivity index (χ2v) is 8.23. The van der Waals surface area contributed by atoms with Gasteiger partial charge in [-0.3, -0.25) is 0 Å². The Bertz CT molecular complexity index is 633. The molecule has 1 aliphatic rings. The summed E-state index contributed by atoms with van der Waals surface area (Å²) >= 11 is 0. The van der Waals surface area contributed by atoms with Crippen molar-refractivity contribution in [2.75, 3.05) is 5.73 Å². The molecule has 1 fully saturated rings.